The Balaban J connectivity index is 2.48. The lowest BCUT2D eigenvalue weighted by atomic mass is 10.2. The molecule has 0 aliphatic rings. The van der Waals surface area contributed by atoms with Gasteiger partial charge in [0.05, 0.1) is 17.9 Å². The first-order valence-corrected chi connectivity index (χ1v) is 9.08. The molecule has 0 atom stereocenters. The third kappa shape index (κ3) is 7.38. The normalized spacial score (nSPS) is 10.5. The Morgan fingerprint density at radius 1 is 1.29 bits per heavy atom. The predicted octanol–water partition coefficient (Wildman–Crippen LogP) is 5.17. The van der Waals surface area contributed by atoms with Gasteiger partial charge in [-0.05, 0) is 25.8 Å². The first-order valence-electron chi connectivity index (χ1n) is 8.10. The summed E-state index contributed by atoms with van der Waals surface area (Å²) in [6.45, 7) is 5.11. The quantitative estimate of drug-likeness (QED) is 0.250. The number of aromatic nitrogens is 2. The van der Waals surface area contributed by atoms with Crippen LogP contribution in [-0.2, 0) is 4.74 Å². The van der Waals surface area contributed by atoms with Crippen molar-refractivity contribution in [1.82, 2.24) is 9.97 Å². The zero-order valence-corrected chi connectivity index (χ0v) is 15.2. The molecule has 0 aliphatic heterocycles. The molecule has 1 heterocycles. The van der Waals surface area contributed by atoms with E-state index in [-0.39, 0.29) is 24.2 Å². The highest BCUT2D eigenvalue weighted by Gasteiger charge is 2.14. The van der Waals surface area contributed by atoms with Gasteiger partial charge in [-0.15, -0.1) is 0 Å². The number of hydrogen-bond acceptors (Lipinski definition) is 5. The molecule has 0 aliphatic carbocycles. The van der Waals surface area contributed by atoms with E-state index < -0.39 is 12.0 Å². The van der Waals surface area contributed by atoms with Gasteiger partial charge in [-0.2, -0.15) is 8.78 Å². The second-order valence-electron chi connectivity index (χ2n) is 5.49. The molecular formula is C17H24F2N2O2S. The summed E-state index contributed by atoms with van der Waals surface area (Å²) in [7, 11) is 0. The van der Waals surface area contributed by atoms with Crippen molar-refractivity contribution in [2.24, 2.45) is 0 Å². The van der Waals surface area contributed by atoms with E-state index in [1.165, 1.54) is 32.4 Å². The van der Waals surface area contributed by atoms with Crippen LogP contribution in [0.4, 0.5) is 8.78 Å². The van der Waals surface area contributed by atoms with Crippen LogP contribution < -0.4 is 0 Å². The summed E-state index contributed by atoms with van der Waals surface area (Å²) in [5, 5.41) is 0.638. The largest absolute Gasteiger partial charge is 0.462 e. The fraction of sp³-hybridized carbons (Fsp3) is 0.588. The summed E-state index contributed by atoms with van der Waals surface area (Å²) in [6.07, 6.45) is 4.46. The van der Waals surface area contributed by atoms with Crippen LogP contribution in [-0.4, -0.2) is 28.3 Å². The van der Waals surface area contributed by atoms with Crippen molar-refractivity contribution in [2.75, 3.05) is 12.4 Å². The van der Waals surface area contributed by atoms with Crippen LogP contribution in [0.1, 0.15) is 62.0 Å². The Bertz CT molecular complexity index is 576. The molecule has 0 radical (unpaired) electrons. The van der Waals surface area contributed by atoms with E-state index in [1.807, 2.05) is 0 Å². The summed E-state index contributed by atoms with van der Waals surface area (Å²) < 4.78 is 29.5. The van der Waals surface area contributed by atoms with Crippen LogP contribution in [0.5, 0.6) is 0 Å². The second kappa shape index (κ2) is 11.1. The molecule has 4 nitrogen and oxygen atoms in total. The predicted molar refractivity (Wildman–Crippen MR) is 91.5 cm³/mol. The molecule has 0 N–H and O–H groups in total. The third-order valence-corrected chi connectivity index (χ3v) is 4.39. The van der Waals surface area contributed by atoms with E-state index >= 15 is 0 Å². The number of thioether (sulfide) groups is 1. The Morgan fingerprint density at radius 2 is 2.04 bits per heavy atom. The van der Waals surface area contributed by atoms with Crippen LogP contribution in [0.3, 0.4) is 0 Å². The maximum Gasteiger partial charge on any atom is 0.341 e. The van der Waals surface area contributed by atoms with Crippen molar-refractivity contribution >= 4 is 17.7 Å². The molecule has 1 rings (SSSR count). The minimum atomic E-state index is -1.73. The van der Waals surface area contributed by atoms with Gasteiger partial charge in [0.1, 0.15) is 0 Å². The van der Waals surface area contributed by atoms with Gasteiger partial charge in [-0.3, -0.25) is 0 Å². The van der Waals surface area contributed by atoms with Gasteiger partial charge < -0.3 is 4.74 Å². The number of ether oxygens (including phenoxy) is 1. The Labute approximate surface area is 146 Å². The maximum atomic E-state index is 12.3. The Hall–Kier alpha value is -1.50. The smallest absolute Gasteiger partial charge is 0.341 e. The van der Waals surface area contributed by atoms with Gasteiger partial charge in [0.15, 0.2) is 5.16 Å². The van der Waals surface area contributed by atoms with Crippen molar-refractivity contribution < 1.29 is 18.3 Å². The number of aryl methyl sites for hydroxylation is 1. The fourth-order valence-electron chi connectivity index (χ4n) is 1.88. The molecule has 0 saturated heterocycles. The molecule has 0 amide bonds. The lowest BCUT2D eigenvalue weighted by Crippen LogP contribution is -2.10. The Morgan fingerprint density at radius 3 is 2.67 bits per heavy atom. The summed E-state index contributed by atoms with van der Waals surface area (Å²) >= 11 is 1.57. The third-order valence-electron chi connectivity index (χ3n) is 3.44. The molecule has 1 aromatic heterocycles. The monoisotopic (exact) mass is 358 g/mol. The van der Waals surface area contributed by atoms with Gasteiger partial charge >= 0.3 is 5.97 Å². The van der Waals surface area contributed by atoms with Gasteiger partial charge in [-0.25, -0.2) is 14.8 Å². The standard InChI is InChI=1S/C17H24F2N2O2S/c1-4-5-6-7-10-24-17-20-11-14(13(3)21-17)16(22)23-9-8-12(2)15(18)19/h11H,4-10H2,1-3H3. The van der Waals surface area contributed by atoms with E-state index in [1.54, 1.807) is 18.7 Å². The van der Waals surface area contributed by atoms with Gasteiger partial charge in [-0.1, -0.05) is 37.9 Å². The number of unbranched alkanes of at least 4 members (excludes halogenated alkanes) is 3. The number of carbonyl (C=O) groups is 1. The minimum Gasteiger partial charge on any atom is -0.462 e. The van der Waals surface area contributed by atoms with E-state index in [4.69, 9.17) is 4.74 Å². The SMILES string of the molecule is CCCCCCSc1ncc(C(=O)OCCC(C)=C(F)F)c(C)n1. The number of esters is 1. The van der Waals surface area contributed by atoms with Crippen molar-refractivity contribution in [3.63, 3.8) is 0 Å². The maximum absolute atomic E-state index is 12.3. The summed E-state index contributed by atoms with van der Waals surface area (Å²) in [6, 6.07) is 0. The highest BCUT2D eigenvalue weighted by molar-refractivity contribution is 7.99. The van der Waals surface area contributed by atoms with Crippen LogP contribution in [0, 0.1) is 6.92 Å². The number of nitrogens with zero attached hydrogens (tertiary/aromatic N) is 2. The minimum absolute atomic E-state index is 0.0136. The topological polar surface area (TPSA) is 52.1 Å². The zero-order chi connectivity index (χ0) is 17.9. The second-order valence-corrected chi connectivity index (χ2v) is 6.55. The molecule has 134 valence electrons. The number of carbonyl (C=O) groups excluding carboxylic acids is 1. The zero-order valence-electron chi connectivity index (χ0n) is 14.4. The highest BCUT2D eigenvalue weighted by atomic mass is 32.2. The van der Waals surface area contributed by atoms with E-state index in [0.29, 0.717) is 10.9 Å². The van der Waals surface area contributed by atoms with Crippen LogP contribution in [0.25, 0.3) is 0 Å². The lowest BCUT2D eigenvalue weighted by Gasteiger charge is -2.07. The fourth-order valence-corrected chi connectivity index (χ4v) is 2.74. The summed E-state index contributed by atoms with van der Waals surface area (Å²) in [4.78, 5) is 20.4. The molecule has 1 aromatic rings. The first kappa shape index (κ1) is 20.5. The van der Waals surface area contributed by atoms with Gasteiger partial charge in [0.2, 0.25) is 0 Å². The molecule has 0 bridgehead atoms. The Kier molecular flexibility index (Phi) is 9.52. The summed E-state index contributed by atoms with van der Waals surface area (Å²) in [5.74, 6) is 0.364. The lowest BCUT2D eigenvalue weighted by molar-refractivity contribution is 0.0505. The molecule has 24 heavy (non-hydrogen) atoms. The molecular weight excluding hydrogens is 334 g/mol. The van der Waals surface area contributed by atoms with Crippen LogP contribution >= 0.6 is 11.8 Å². The first-order chi connectivity index (χ1) is 11.5. The molecule has 0 fully saturated rings. The molecule has 0 spiro atoms. The van der Waals surface area contributed by atoms with Crippen molar-refractivity contribution in [3.05, 3.63) is 29.1 Å². The van der Waals surface area contributed by atoms with Crippen molar-refractivity contribution in [3.8, 4) is 0 Å². The molecule has 0 saturated carbocycles. The van der Waals surface area contributed by atoms with Crippen molar-refractivity contribution in [1.29, 1.82) is 0 Å². The van der Waals surface area contributed by atoms with Gasteiger partial charge in [0, 0.05) is 18.4 Å². The average Bonchev–Trinajstić information content (AvgIpc) is 2.54. The number of halogens is 2. The highest BCUT2D eigenvalue weighted by Crippen LogP contribution is 2.18. The van der Waals surface area contributed by atoms with Crippen molar-refractivity contribution in [2.45, 2.75) is 58.0 Å². The molecule has 7 heteroatoms. The average molecular weight is 358 g/mol. The molecule has 0 aromatic carbocycles. The van der Waals surface area contributed by atoms with E-state index in [9.17, 15) is 13.6 Å². The molecule has 0 unspecified atom stereocenters. The van der Waals surface area contributed by atoms with E-state index in [0.717, 1.165) is 12.2 Å². The van der Waals surface area contributed by atoms with Crippen LogP contribution in [0.15, 0.2) is 23.0 Å². The van der Waals surface area contributed by atoms with Crippen LogP contribution in [0.2, 0.25) is 0 Å². The van der Waals surface area contributed by atoms with Gasteiger partial charge in [0.25, 0.3) is 6.08 Å². The number of hydrogen-bond donors (Lipinski definition) is 0. The van der Waals surface area contributed by atoms with E-state index in [2.05, 4.69) is 16.9 Å². The summed E-state index contributed by atoms with van der Waals surface area (Å²) in [5.41, 5.74) is 0.730. The number of rotatable bonds is 10.